The van der Waals surface area contributed by atoms with Crippen molar-refractivity contribution in [2.75, 3.05) is 13.2 Å². The predicted octanol–water partition coefficient (Wildman–Crippen LogP) is 2.53. The van der Waals surface area contributed by atoms with E-state index in [-0.39, 0.29) is 31.0 Å². The van der Waals surface area contributed by atoms with Crippen LogP contribution in [-0.2, 0) is 17.8 Å². The Balaban J connectivity index is 2.11. The number of benzene rings is 2. The summed E-state index contributed by atoms with van der Waals surface area (Å²) in [6, 6.07) is 12.3. The molecule has 0 heterocycles. The molecular formula is C17H17F2NO2. The van der Waals surface area contributed by atoms with Crippen molar-refractivity contribution in [3.8, 4) is 0 Å². The number of amides is 1. The van der Waals surface area contributed by atoms with Crippen molar-refractivity contribution in [3.63, 3.8) is 0 Å². The molecule has 0 saturated heterocycles. The maximum atomic E-state index is 13.6. The molecule has 0 aliphatic heterocycles. The van der Waals surface area contributed by atoms with Crippen LogP contribution in [0.15, 0.2) is 48.5 Å². The molecule has 2 aromatic carbocycles. The number of hydrogen-bond acceptors (Lipinski definition) is 2. The lowest BCUT2D eigenvalue weighted by Gasteiger charge is -2.22. The van der Waals surface area contributed by atoms with E-state index in [2.05, 4.69) is 0 Å². The fourth-order valence-electron chi connectivity index (χ4n) is 2.17. The highest BCUT2D eigenvalue weighted by molar-refractivity contribution is 5.78. The van der Waals surface area contributed by atoms with Gasteiger partial charge in [-0.2, -0.15) is 0 Å². The van der Waals surface area contributed by atoms with Crippen LogP contribution in [0.25, 0.3) is 0 Å². The van der Waals surface area contributed by atoms with E-state index >= 15 is 0 Å². The van der Waals surface area contributed by atoms with Crippen LogP contribution in [0.2, 0.25) is 0 Å². The maximum absolute atomic E-state index is 13.6. The summed E-state index contributed by atoms with van der Waals surface area (Å²) < 4.78 is 26.8. The highest BCUT2D eigenvalue weighted by atomic mass is 19.1. The molecular weight excluding hydrogens is 288 g/mol. The van der Waals surface area contributed by atoms with E-state index in [9.17, 15) is 13.6 Å². The quantitative estimate of drug-likeness (QED) is 0.891. The van der Waals surface area contributed by atoms with Crippen molar-refractivity contribution >= 4 is 5.91 Å². The standard InChI is InChI=1S/C17H17F2NO2/c18-15-6-7-16(19)14(10-15)11-17(22)20(8-9-21)12-13-4-2-1-3-5-13/h1-7,10,21H,8-9,11-12H2. The number of halogens is 2. The van der Waals surface area contributed by atoms with Crippen molar-refractivity contribution < 1.29 is 18.7 Å². The summed E-state index contributed by atoms with van der Waals surface area (Å²) in [6.07, 6.45) is -0.240. The molecule has 0 saturated carbocycles. The Labute approximate surface area is 127 Å². The van der Waals surface area contributed by atoms with Crippen molar-refractivity contribution in [1.29, 1.82) is 0 Å². The van der Waals surface area contributed by atoms with E-state index in [1.807, 2.05) is 30.3 Å². The number of carbonyl (C=O) groups excluding carboxylic acids is 1. The lowest BCUT2D eigenvalue weighted by Crippen LogP contribution is -2.34. The minimum atomic E-state index is -0.613. The van der Waals surface area contributed by atoms with E-state index in [0.717, 1.165) is 23.8 Å². The van der Waals surface area contributed by atoms with Crippen molar-refractivity contribution in [2.45, 2.75) is 13.0 Å². The molecule has 0 radical (unpaired) electrons. The molecule has 0 bridgehead atoms. The average molecular weight is 305 g/mol. The summed E-state index contributed by atoms with van der Waals surface area (Å²) in [6.45, 7) is 0.270. The molecule has 0 atom stereocenters. The number of aliphatic hydroxyl groups is 1. The Kier molecular flexibility index (Phi) is 5.61. The Morgan fingerprint density at radius 1 is 1.09 bits per heavy atom. The van der Waals surface area contributed by atoms with Crippen molar-refractivity contribution in [3.05, 3.63) is 71.3 Å². The molecule has 1 N–H and O–H groups in total. The molecule has 5 heteroatoms. The summed E-state index contributed by atoms with van der Waals surface area (Å²) >= 11 is 0. The van der Waals surface area contributed by atoms with Crippen LogP contribution in [0, 0.1) is 11.6 Å². The summed E-state index contributed by atoms with van der Waals surface area (Å²) in [7, 11) is 0. The van der Waals surface area contributed by atoms with Crippen LogP contribution in [0.1, 0.15) is 11.1 Å². The van der Waals surface area contributed by atoms with E-state index in [4.69, 9.17) is 5.11 Å². The highest BCUT2D eigenvalue weighted by Gasteiger charge is 2.16. The third kappa shape index (κ3) is 4.36. The third-order valence-electron chi connectivity index (χ3n) is 3.29. The van der Waals surface area contributed by atoms with Gasteiger partial charge < -0.3 is 10.0 Å². The molecule has 0 fully saturated rings. The first-order valence-corrected chi connectivity index (χ1v) is 6.96. The number of rotatable bonds is 6. The van der Waals surface area contributed by atoms with Gasteiger partial charge in [0, 0.05) is 18.7 Å². The number of hydrogen-bond donors (Lipinski definition) is 1. The SMILES string of the molecule is O=C(Cc1cc(F)ccc1F)N(CCO)Cc1ccccc1. The largest absolute Gasteiger partial charge is 0.395 e. The third-order valence-corrected chi connectivity index (χ3v) is 3.29. The summed E-state index contributed by atoms with van der Waals surface area (Å²) in [5.41, 5.74) is 0.921. The molecule has 116 valence electrons. The van der Waals surface area contributed by atoms with Crippen LogP contribution in [0.5, 0.6) is 0 Å². The molecule has 0 aliphatic carbocycles. The van der Waals surface area contributed by atoms with Gasteiger partial charge in [-0.25, -0.2) is 8.78 Å². The minimum absolute atomic E-state index is 0.0148. The van der Waals surface area contributed by atoms with E-state index in [1.54, 1.807) is 0 Å². The summed E-state index contributed by atoms with van der Waals surface area (Å²) in [4.78, 5) is 13.7. The second-order valence-corrected chi connectivity index (χ2v) is 4.94. The summed E-state index contributed by atoms with van der Waals surface area (Å²) in [5, 5.41) is 9.10. The molecule has 0 aromatic heterocycles. The first kappa shape index (κ1) is 16.1. The zero-order chi connectivity index (χ0) is 15.9. The predicted molar refractivity (Wildman–Crippen MR) is 79.0 cm³/mol. The van der Waals surface area contributed by atoms with Gasteiger partial charge in [0.1, 0.15) is 11.6 Å². The van der Waals surface area contributed by atoms with Gasteiger partial charge in [-0.1, -0.05) is 30.3 Å². The van der Waals surface area contributed by atoms with Crippen LogP contribution < -0.4 is 0 Å². The van der Waals surface area contributed by atoms with E-state index in [1.165, 1.54) is 4.90 Å². The Bertz CT molecular complexity index is 632. The van der Waals surface area contributed by atoms with E-state index < -0.39 is 11.6 Å². The Hall–Kier alpha value is -2.27. The maximum Gasteiger partial charge on any atom is 0.227 e. The molecule has 22 heavy (non-hydrogen) atoms. The molecule has 3 nitrogen and oxygen atoms in total. The lowest BCUT2D eigenvalue weighted by atomic mass is 10.1. The molecule has 0 unspecified atom stereocenters. The van der Waals surface area contributed by atoms with Crippen LogP contribution in [-0.4, -0.2) is 29.1 Å². The summed E-state index contributed by atoms with van der Waals surface area (Å²) in [5.74, 6) is -1.55. The number of aliphatic hydroxyl groups excluding tert-OH is 1. The van der Waals surface area contributed by atoms with Gasteiger partial charge in [-0.05, 0) is 23.8 Å². The first-order chi connectivity index (χ1) is 10.6. The molecule has 0 aliphatic rings. The second kappa shape index (κ2) is 7.66. The number of nitrogens with zero attached hydrogens (tertiary/aromatic N) is 1. The molecule has 2 rings (SSSR count). The number of carbonyl (C=O) groups is 1. The van der Waals surface area contributed by atoms with E-state index in [0.29, 0.717) is 6.54 Å². The minimum Gasteiger partial charge on any atom is -0.395 e. The van der Waals surface area contributed by atoms with Gasteiger partial charge in [0.25, 0.3) is 0 Å². The van der Waals surface area contributed by atoms with Gasteiger partial charge >= 0.3 is 0 Å². The molecule has 1 amide bonds. The van der Waals surface area contributed by atoms with Crippen molar-refractivity contribution in [2.24, 2.45) is 0 Å². The smallest absolute Gasteiger partial charge is 0.227 e. The van der Waals surface area contributed by atoms with Crippen molar-refractivity contribution in [1.82, 2.24) is 4.90 Å². The average Bonchev–Trinajstić information content (AvgIpc) is 2.51. The monoisotopic (exact) mass is 305 g/mol. The second-order valence-electron chi connectivity index (χ2n) is 4.94. The fourth-order valence-corrected chi connectivity index (χ4v) is 2.17. The van der Waals surface area contributed by atoms with Gasteiger partial charge in [0.2, 0.25) is 5.91 Å². The van der Waals surface area contributed by atoms with Gasteiger partial charge in [-0.15, -0.1) is 0 Å². The highest BCUT2D eigenvalue weighted by Crippen LogP contribution is 2.13. The Morgan fingerprint density at radius 2 is 1.82 bits per heavy atom. The molecule has 2 aromatic rings. The normalized spacial score (nSPS) is 10.5. The van der Waals surface area contributed by atoms with Crippen LogP contribution >= 0.6 is 0 Å². The molecule has 0 spiro atoms. The zero-order valence-corrected chi connectivity index (χ0v) is 12.0. The first-order valence-electron chi connectivity index (χ1n) is 6.96. The van der Waals surface area contributed by atoms with Crippen LogP contribution in [0.4, 0.5) is 8.78 Å². The fraction of sp³-hybridized carbons (Fsp3) is 0.235. The van der Waals surface area contributed by atoms with Crippen LogP contribution in [0.3, 0.4) is 0 Å². The topological polar surface area (TPSA) is 40.5 Å². The van der Waals surface area contributed by atoms with Gasteiger partial charge in [0.05, 0.1) is 13.0 Å². The van der Waals surface area contributed by atoms with Gasteiger partial charge in [0.15, 0.2) is 0 Å². The Morgan fingerprint density at radius 3 is 2.50 bits per heavy atom. The van der Waals surface area contributed by atoms with Gasteiger partial charge in [-0.3, -0.25) is 4.79 Å². The zero-order valence-electron chi connectivity index (χ0n) is 12.0. The lowest BCUT2D eigenvalue weighted by molar-refractivity contribution is -0.131.